The van der Waals surface area contributed by atoms with Crippen LogP contribution in [0.1, 0.15) is 32.8 Å². The third kappa shape index (κ3) is 6.64. The van der Waals surface area contributed by atoms with Crippen molar-refractivity contribution in [3.05, 3.63) is 29.8 Å². The number of carbonyl (C=O) groups is 1. The van der Waals surface area contributed by atoms with Crippen LogP contribution in [0.4, 0.5) is 4.79 Å². The van der Waals surface area contributed by atoms with Gasteiger partial charge in [-0.2, -0.15) is 0 Å². The molecule has 0 aliphatic heterocycles. The van der Waals surface area contributed by atoms with Crippen LogP contribution in [-0.4, -0.2) is 47.4 Å². The van der Waals surface area contributed by atoms with Crippen molar-refractivity contribution in [2.24, 2.45) is 0 Å². The molecule has 0 spiro atoms. The summed E-state index contributed by atoms with van der Waals surface area (Å²) in [5, 5.41) is 18.0. The van der Waals surface area contributed by atoms with Crippen molar-refractivity contribution in [1.82, 2.24) is 4.90 Å². The predicted molar refractivity (Wildman–Crippen MR) is 83.5 cm³/mol. The van der Waals surface area contributed by atoms with E-state index in [0.29, 0.717) is 12.0 Å². The molecule has 0 bridgehead atoms. The van der Waals surface area contributed by atoms with Crippen molar-refractivity contribution >= 4 is 18.7 Å². The van der Waals surface area contributed by atoms with Crippen molar-refractivity contribution in [3.63, 3.8) is 0 Å². The summed E-state index contributed by atoms with van der Waals surface area (Å²) in [5.74, 6) is 0. The lowest BCUT2D eigenvalue weighted by atomic mass is 9.80. The largest absolute Gasteiger partial charge is 0.488 e. The van der Waals surface area contributed by atoms with Crippen LogP contribution in [0.3, 0.4) is 0 Å². The Hall–Kier alpha value is -1.53. The second kappa shape index (κ2) is 7.47. The summed E-state index contributed by atoms with van der Waals surface area (Å²) < 4.78 is 5.28. The summed E-state index contributed by atoms with van der Waals surface area (Å²) in [7, 11) is 0.289. The average molecular weight is 293 g/mol. The highest BCUT2D eigenvalue weighted by molar-refractivity contribution is 6.58. The average Bonchev–Trinajstić information content (AvgIpc) is 2.37. The number of benzene rings is 1. The summed E-state index contributed by atoms with van der Waals surface area (Å²) in [4.78, 5) is 13.3. The number of hydrogen-bond acceptors (Lipinski definition) is 4. The zero-order valence-electron chi connectivity index (χ0n) is 13.2. The molecule has 0 saturated carbocycles. The van der Waals surface area contributed by atoms with E-state index in [1.165, 1.54) is 0 Å². The SMILES string of the molecule is CN(CCCc1ccc(B(O)O)cc1)C(=O)OC(C)(C)C. The van der Waals surface area contributed by atoms with E-state index in [1.807, 2.05) is 32.9 Å². The lowest BCUT2D eigenvalue weighted by Crippen LogP contribution is -2.34. The highest BCUT2D eigenvalue weighted by atomic mass is 16.6. The van der Waals surface area contributed by atoms with Crippen LogP contribution in [-0.2, 0) is 11.2 Å². The summed E-state index contributed by atoms with van der Waals surface area (Å²) >= 11 is 0. The van der Waals surface area contributed by atoms with Gasteiger partial charge in [0.2, 0.25) is 0 Å². The molecule has 0 saturated heterocycles. The van der Waals surface area contributed by atoms with Gasteiger partial charge in [-0.1, -0.05) is 24.3 Å². The van der Waals surface area contributed by atoms with Crippen molar-refractivity contribution in [1.29, 1.82) is 0 Å². The van der Waals surface area contributed by atoms with Crippen LogP contribution in [0.25, 0.3) is 0 Å². The first kappa shape index (κ1) is 17.5. The fourth-order valence-electron chi connectivity index (χ4n) is 1.81. The van der Waals surface area contributed by atoms with Crippen LogP contribution in [0.5, 0.6) is 0 Å². The fourth-order valence-corrected chi connectivity index (χ4v) is 1.81. The number of amides is 1. The van der Waals surface area contributed by atoms with Gasteiger partial charge in [0.25, 0.3) is 0 Å². The van der Waals surface area contributed by atoms with E-state index in [-0.39, 0.29) is 6.09 Å². The van der Waals surface area contributed by atoms with Gasteiger partial charge in [-0.25, -0.2) is 4.79 Å². The molecule has 21 heavy (non-hydrogen) atoms. The molecular weight excluding hydrogens is 269 g/mol. The summed E-state index contributed by atoms with van der Waals surface area (Å²) in [5.41, 5.74) is 1.09. The van der Waals surface area contributed by atoms with Gasteiger partial charge in [0.15, 0.2) is 0 Å². The zero-order chi connectivity index (χ0) is 16.0. The van der Waals surface area contributed by atoms with Gasteiger partial charge in [0.1, 0.15) is 5.60 Å². The van der Waals surface area contributed by atoms with Crippen molar-refractivity contribution in [2.45, 2.75) is 39.2 Å². The Balaban J connectivity index is 2.37. The summed E-state index contributed by atoms with van der Waals surface area (Å²) in [6, 6.07) is 7.11. The van der Waals surface area contributed by atoms with E-state index in [9.17, 15) is 4.79 Å². The maximum absolute atomic E-state index is 11.8. The Morgan fingerprint density at radius 2 is 1.81 bits per heavy atom. The van der Waals surface area contributed by atoms with Gasteiger partial charge in [-0.05, 0) is 44.6 Å². The molecule has 0 aliphatic rings. The first-order valence-corrected chi connectivity index (χ1v) is 7.08. The van der Waals surface area contributed by atoms with E-state index >= 15 is 0 Å². The maximum atomic E-state index is 11.8. The summed E-state index contributed by atoms with van der Waals surface area (Å²) in [6.45, 7) is 6.14. The predicted octanol–water partition coefficient (Wildman–Crippen LogP) is 1.17. The molecule has 0 fully saturated rings. The first-order valence-electron chi connectivity index (χ1n) is 7.08. The number of nitrogens with zero attached hydrogens (tertiary/aromatic N) is 1. The minimum atomic E-state index is -1.43. The molecule has 0 unspecified atom stereocenters. The minimum absolute atomic E-state index is 0.318. The molecule has 2 N–H and O–H groups in total. The monoisotopic (exact) mass is 293 g/mol. The van der Waals surface area contributed by atoms with Gasteiger partial charge in [0.05, 0.1) is 0 Å². The van der Waals surface area contributed by atoms with E-state index in [0.717, 1.165) is 18.4 Å². The molecule has 1 aromatic carbocycles. The number of rotatable bonds is 5. The van der Waals surface area contributed by atoms with Crippen LogP contribution >= 0.6 is 0 Å². The quantitative estimate of drug-likeness (QED) is 0.799. The Morgan fingerprint density at radius 1 is 1.24 bits per heavy atom. The molecule has 1 rings (SSSR count). The molecule has 1 aromatic rings. The molecular formula is C15H24BNO4. The van der Waals surface area contributed by atoms with Crippen LogP contribution < -0.4 is 5.46 Å². The lowest BCUT2D eigenvalue weighted by Gasteiger charge is -2.24. The molecule has 0 radical (unpaired) electrons. The molecule has 5 nitrogen and oxygen atoms in total. The number of ether oxygens (including phenoxy) is 1. The maximum Gasteiger partial charge on any atom is 0.488 e. The highest BCUT2D eigenvalue weighted by Crippen LogP contribution is 2.10. The Labute approximate surface area is 126 Å². The third-order valence-electron chi connectivity index (χ3n) is 2.94. The van der Waals surface area contributed by atoms with Gasteiger partial charge in [-0.15, -0.1) is 0 Å². The van der Waals surface area contributed by atoms with Gasteiger partial charge >= 0.3 is 13.2 Å². The topological polar surface area (TPSA) is 70.0 Å². The van der Waals surface area contributed by atoms with Gasteiger partial charge in [-0.3, -0.25) is 0 Å². The van der Waals surface area contributed by atoms with E-state index in [1.54, 1.807) is 24.1 Å². The minimum Gasteiger partial charge on any atom is -0.444 e. The molecule has 0 heterocycles. The standard InChI is InChI=1S/C15H24BNO4/c1-15(2,3)21-14(18)17(4)11-5-6-12-7-9-13(10-8-12)16(19)20/h7-10,19-20H,5-6,11H2,1-4H3. The van der Waals surface area contributed by atoms with Crippen LogP contribution in [0.2, 0.25) is 0 Å². The van der Waals surface area contributed by atoms with E-state index in [2.05, 4.69) is 0 Å². The molecule has 1 amide bonds. The highest BCUT2D eigenvalue weighted by Gasteiger charge is 2.19. The number of aryl methyl sites for hydroxylation is 1. The van der Waals surface area contributed by atoms with Crippen molar-refractivity contribution < 1.29 is 19.6 Å². The summed E-state index contributed by atoms with van der Waals surface area (Å²) in [6.07, 6.45) is 1.31. The second-order valence-corrected chi connectivity index (χ2v) is 6.12. The lowest BCUT2D eigenvalue weighted by molar-refractivity contribution is 0.0297. The van der Waals surface area contributed by atoms with Crippen LogP contribution in [0, 0.1) is 0 Å². The second-order valence-electron chi connectivity index (χ2n) is 6.12. The number of carbonyl (C=O) groups excluding carboxylic acids is 1. The van der Waals surface area contributed by atoms with Crippen molar-refractivity contribution in [2.75, 3.05) is 13.6 Å². The molecule has 116 valence electrons. The van der Waals surface area contributed by atoms with Crippen molar-refractivity contribution in [3.8, 4) is 0 Å². The van der Waals surface area contributed by atoms with Gasteiger partial charge < -0.3 is 19.7 Å². The molecule has 6 heteroatoms. The fraction of sp³-hybridized carbons (Fsp3) is 0.533. The Morgan fingerprint density at radius 3 is 2.29 bits per heavy atom. The first-order chi connectivity index (χ1) is 9.69. The third-order valence-corrected chi connectivity index (χ3v) is 2.94. The van der Waals surface area contributed by atoms with E-state index < -0.39 is 12.7 Å². The normalized spacial score (nSPS) is 11.1. The molecule has 0 aliphatic carbocycles. The van der Waals surface area contributed by atoms with Crippen LogP contribution in [0.15, 0.2) is 24.3 Å². The Bertz CT molecular complexity index is 454. The number of hydrogen-bond donors (Lipinski definition) is 2. The van der Waals surface area contributed by atoms with E-state index in [4.69, 9.17) is 14.8 Å². The van der Waals surface area contributed by atoms with Gasteiger partial charge in [0, 0.05) is 13.6 Å². The Kier molecular flexibility index (Phi) is 6.24. The zero-order valence-corrected chi connectivity index (χ0v) is 13.2. The molecule has 0 atom stereocenters. The molecule has 0 aromatic heterocycles. The smallest absolute Gasteiger partial charge is 0.444 e.